The molecule has 0 radical (unpaired) electrons. The second-order valence-corrected chi connectivity index (χ2v) is 3.64. The molecule has 6 heteroatoms. The summed E-state index contributed by atoms with van der Waals surface area (Å²) in [7, 11) is 1.12. The summed E-state index contributed by atoms with van der Waals surface area (Å²) in [5.41, 5.74) is -3.46. The van der Waals surface area contributed by atoms with E-state index >= 15 is 0 Å². The molecule has 0 spiro atoms. The van der Waals surface area contributed by atoms with Crippen molar-refractivity contribution in [3.63, 3.8) is 0 Å². The molecule has 0 aromatic heterocycles. The van der Waals surface area contributed by atoms with E-state index in [4.69, 9.17) is 0 Å². The highest BCUT2D eigenvalue weighted by Gasteiger charge is 2.51. The molecule has 1 atom stereocenters. The summed E-state index contributed by atoms with van der Waals surface area (Å²) in [4.78, 5) is 11.2. The molecule has 0 saturated heterocycles. The Bertz CT molecular complexity index is 424. The van der Waals surface area contributed by atoms with Crippen molar-refractivity contribution >= 4 is 5.97 Å². The Morgan fingerprint density at radius 1 is 1.35 bits per heavy atom. The highest BCUT2D eigenvalue weighted by molar-refractivity contribution is 5.89. The second-order valence-electron chi connectivity index (χ2n) is 3.64. The van der Waals surface area contributed by atoms with Crippen LogP contribution in [0.15, 0.2) is 24.3 Å². The average Bonchev–Trinajstić information content (AvgIpc) is 2.26. The quantitative estimate of drug-likeness (QED) is 0.816. The Morgan fingerprint density at radius 3 is 2.41 bits per heavy atom. The molecule has 1 aromatic rings. The number of aliphatic hydroxyl groups is 1. The predicted octanol–water partition coefficient (Wildman–Crippen LogP) is 2.24. The van der Waals surface area contributed by atoms with Crippen molar-refractivity contribution in [3.05, 3.63) is 35.4 Å². The third kappa shape index (κ3) is 2.58. The van der Waals surface area contributed by atoms with Gasteiger partial charge in [-0.15, -0.1) is 0 Å². The first-order chi connectivity index (χ1) is 7.70. The topological polar surface area (TPSA) is 46.5 Å². The van der Waals surface area contributed by atoms with E-state index in [0.717, 1.165) is 19.2 Å². The van der Waals surface area contributed by atoms with Crippen LogP contribution in [0.4, 0.5) is 13.2 Å². The Kier molecular flexibility index (Phi) is 3.47. The van der Waals surface area contributed by atoms with Gasteiger partial charge in [0.25, 0.3) is 0 Å². The minimum Gasteiger partial charge on any atom is -0.465 e. The molecule has 1 N–H and O–H groups in total. The smallest absolute Gasteiger partial charge is 0.421 e. The van der Waals surface area contributed by atoms with Gasteiger partial charge in [0, 0.05) is 0 Å². The van der Waals surface area contributed by atoms with Crippen LogP contribution in [0, 0.1) is 0 Å². The van der Waals surface area contributed by atoms with Gasteiger partial charge >= 0.3 is 12.1 Å². The Labute approximate surface area is 95.8 Å². The number of rotatable bonds is 2. The highest BCUT2D eigenvalue weighted by atomic mass is 19.4. The van der Waals surface area contributed by atoms with Gasteiger partial charge in [-0.05, 0) is 24.6 Å². The number of ether oxygens (including phenoxy) is 1. The molecular formula is C11H11F3O3. The van der Waals surface area contributed by atoms with E-state index in [2.05, 4.69) is 4.74 Å². The number of halogens is 3. The lowest BCUT2D eigenvalue weighted by molar-refractivity contribution is -0.258. The molecule has 0 unspecified atom stereocenters. The maximum absolute atomic E-state index is 12.6. The van der Waals surface area contributed by atoms with Gasteiger partial charge < -0.3 is 9.84 Å². The van der Waals surface area contributed by atoms with Crippen molar-refractivity contribution in [2.24, 2.45) is 0 Å². The number of methoxy groups -OCH3 is 1. The molecule has 3 nitrogen and oxygen atoms in total. The first kappa shape index (κ1) is 13.5. The van der Waals surface area contributed by atoms with E-state index in [1.165, 1.54) is 12.1 Å². The Balaban J connectivity index is 3.21. The zero-order chi connectivity index (χ0) is 13.3. The SMILES string of the molecule is COC(=O)c1cccc([C@](C)(O)C(F)(F)F)c1. The van der Waals surface area contributed by atoms with Gasteiger partial charge in [-0.1, -0.05) is 12.1 Å². The molecule has 1 rings (SSSR count). The summed E-state index contributed by atoms with van der Waals surface area (Å²) < 4.78 is 42.1. The van der Waals surface area contributed by atoms with Crippen molar-refractivity contribution in [2.45, 2.75) is 18.7 Å². The molecule has 0 bridgehead atoms. The third-order valence-electron chi connectivity index (χ3n) is 2.40. The average molecular weight is 248 g/mol. The van der Waals surface area contributed by atoms with Gasteiger partial charge in [-0.25, -0.2) is 4.79 Å². The number of benzene rings is 1. The zero-order valence-corrected chi connectivity index (χ0v) is 9.21. The molecule has 1 aromatic carbocycles. The van der Waals surface area contributed by atoms with Crippen LogP contribution in [0.3, 0.4) is 0 Å². The lowest BCUT2D eigenvalue weighted by Crippen LogP contribution is -2.39. The molecular weight excluding hydrogens is 237 g/mol. The standard InChI is InChI=1S/C11H11F3O3/c1-10(16,11(12,13)14)8-5-3-4-7(6-8)9(15)17-2/h3-6,16H,1-2H3/t10-/m0/s1. The minimum atomic E-state index is -4.82. The fourth-order valence-electron chi connectivity index (χ4n) is 1.23. The van der Waals surface area contributed by atoms with Crippen LogP contribution in [0.5, 0.6) is 0 Å². The van der Waals surface area contributed by atoms with E-state index < -0.39 is 23.3 Å². The van der Waals surface area contributed by atoms with Crippen molar-refractivity contribution in [1.29, 1.82) is 0 Å². The lowest BCUT2D eigenvalue weighted by Gasteiger charge is -2.26. The van der Waals surface area contributed by atoms with Gasteiger partial charge in [0.05, 0.1) is 12.7 Å². The second kappa shape index (κ2) is 4.37. The van der Waals surface area contributed by atoms with E-state index in [0.29, 0.717) is 6.92 Å². The summed E-state index contributed by atoms with van der Waals surface area (Å²) in [6.07, 6.45) is -4.82. The van der Waals surface area contributed by atoms with Gasteiger partial charge in [-0.2, -0.15) is 13.2 Å². The highest BCUT2D eigenvalue weighted by Crippen LogP contribution is 2.38. The largest absolute Gasteiger partial charge is 0.465 e. The van der Waals surface area contributed by atoms with Crippen molar-refractivity contribution in [2.75, 3.05) is 7.11 Å². The van der Waals surface area contributed by atoms with Crippen molar-refractivity contribution in [3.8, 4) is 0 Å². The fourth-order valence-corrected chi connectivity index (χ4v) is 1.23. The number of hydrogen-bond donors (Lipinski definition) is 1. The minimum absolute atomic E-state index is 0.0467. The molecule has 0 aliphatic carbocycles. The number of carbonyl (C=O) groups is 1. The normalized spacial score (nSPS) is 15.2. The monoisotopic (exact) mass is 248 g/mol. The van der Waals surface area contributed by atoms with E-state index in [1.807, 2.05) is 0 Å². The maximum Gasteiger partial charge on any atom is 0.421 e. The maximum atomic E-state index is 12.6. The van der Waals surface area contributed by atoms with Gasteiger partial charge in [0.15, 0.2) is 5.60 Å². The summed E-state index contributed by atoms with van der Waals surface area (Å²) in [5.74, 6) is -0.759. The van der Waals surface area contributed by atoms with Crippen LogP contribution >= 0.6 is 0 Å². The third-order valence-corrected chi connectivity index (χ3v) is 2.40. The summed E-state index contributed by atoms with van der Waals surface area (Å²) >= 11 is 0. The van der Waals surface area contributed by atoms with Crippen molar-refractivity contribution < 1.29 is 27.8 Å². The van der Waals surface area contributed by atoms with Crippen LogP contribution < -0.4 is 0 Å². The first-order valence-electron chi connectivity index (χ1n) is 4.68. The Hall–Kier alpha value is -1.56. The van der Waals surface area contributed by atoms with E-state index in [-0.39, 0.29) is 5.56 Å². The summed E-state index contributed by atoms with van der Waals surface area (Å²) in [5, 5.41) is 9.42. The van der Waals surface area contributed by atoms with Crippen LogP contribution in [-0.2, 0) is 10.3 Å². The van der Waals surface area contributed by atoms with Gasteiger partial charge in [-0.3, -0.25) is 0 Å². The molecule has 17 heavy (non-hydrogen) atoms. The van der Waals surface area contributed by atoms with Crippen molar-refractivity contribution in [1.82, 2.24) is 0 Å². The van der Waals surface area contributed by atoms with Gasteiger partial charge in [0.1, 0.15) is 0 Å². The molecule has 94 valence electrons. The lowest BCUT2D eigenvalue weighted by atomic mass is 9.94. The van der Waals surface area contributed by atoms with Crippen LogP contribution in [-0.4, -0.2) is 24.4 Å². The molecule has 0 fully saturated rings. The molecule has 0 saturated carbocycles. The number of alkyl halides is 3. The summed E-state index contributed by atoms with van der Waals surface area (Å²) in [6, 6.07) is 4.61. The Morgan fingerprint density at radius 2 is 1.94 bits per heavy atom. The fraction of sp³-hybridized carbons (Fsp3) is 0.364. The molecule has 0 aliphatic heterocycles. The van der Waals surface area contributed by atoms with Crippen LogP contribution in [0.2, 0.25) is 0 Å². The zero-order valence-electron chi connectivity index (χ0n) is 9.21. The van der Waals surface area contributed by atoms with Crippen LogP contribution in [0.1, 0.15) is 22.8 Å². The van der Waals surface area contributed by atoms with Crippen LogP contribution in [0.25, 0.3) is 0 Å². The predicted molar refractivity (Wildman–Crippen MR) is 53.4 cm³/mol. The molecule has 0 amide bonds. The molecule has 0 heterocycles. The van der Waals surface area contributed by atoms with E-state index in [9.17, 15) is 23.1 Å². The number of esters is 1. The molecule has 0 aliphatic rings. The first-order valence-corrected chi connectivity index (χ1v) is 4.68. The summed E-state index contributed by atoms with van der Waals surface area (Å²) in [6.45, 7) is 0.628. The van der Waals surface area contributed by atoms with Gasteiger partial charge in [0.2, 0.25) is 0 Å². The van der Waals surface area contributed by atoms with E-state index in [1.54, 1.807) is 0 Å². The number of carbonyl (C=O) groups excluding carboxylic acids is 1. The number of hydrogen-bond acceptors (Lipinski definition) is 3.